The zero-order valence-corrected chi connectivity index (χ0v) is 20.4. The van der Waals surface area contributed by atoms with Gasteiger partial charge in [-0.2, -0.15) is 5.10 Å². The molecule has 1 aromatic carbocycles. The number of piperazine rings is 1. The van der Waals surface area contributed by atoms with Crippen LogP contribution in [0.3, 0.4) is 0 Å². The van der Waals surface area contributed by atoms with Gasteiger partial charge in [-0.3, -0.25) is 19.4 Å². The Morgan fingerprint density at radius 1 is 1.08 bits per heavy atom. The lowest BCUT2D eigenvalue weighted by Gasteiger charge is -2.34. The average molecular weight is 494 g/mol. The summed E-state index contributed by atoms with van der Waals surface area (Å²) in [6.45, 7) is 4.46. The largest absolute Gasteiger partial charge is 0.467 e. The summed E-state index contributed by atoms with van der Waals surface area (Å²) in [5.41, 5.74) is 1.52. The molecule has 0 radical (unpaired) electrons. The van der Waals surface area contributed by atoms with Crippen LogP contribution < -0.4 is 5.32 Å². The molecule has 1 N–H and O–H groups in total. The predicted molar refractivity (Wildman–Crippen MR) is 133 cm³/mol. The Labute approximate surface area is 209 Å². The van der Waals surface area contributed by atoms with Crippen LogP contribution in [0.4, 0.5) is 0 Å². The minimum atomic E-state index is -0.312. The van der Waals surface area contributed by atoms with Gasteiger partial charge in [0, 0.05) is 51.6 Å². The van der Waals surface area contributed by atoms with Gasteiger partial charge in [-0.1, -0.05) is 18.2 Å². The van der Waals surface area contributed by atoms with E-state index < -0.39 is 0 Å². The molecule has 0 unspecified atom stereocenters. The third kappa shape index (κ3) is 5.51. The molecule has 2 aromatic heterocycles. The fraction of sp³-hybridized carbons (Fsp3) is 0.423. The summed E-state index contributed by atoms with van der Waals surface area (Å²) in [6.07, 6.45) is 2.13. The Morgan fingerprint density at radius 3 is 2.58 bits per heavy atom. The number of para-hydroxylation sites is 1. The topological polar surface area (TPSA) is 104 Å². The number of benzene rings is 1. The average Bonchev–Trinajstić information content (AvgIpc) is 3.64. The third-order valence-electron chi connectivity index (χ3n) is 6.57. The molecule has 10 nitrogen and oxygen atoms in total. The van der Waals surface area contributed by atoms with E-state index in [1.807, 2.05) is 42.5 Å². The van der Waals surface area contributed by atoms with E-state index in [1.165, 1.54) is 5.01 Å². The quantitative estimate of drug-likeness (QED) is 0.455. The molecule has 2 amide bonds. The number of methoxy groups -OCH3 is 1. The molecule has 1 saturated heterocycles. The van der Waals surface area contributed by atoms with Crippen molar-refractivity contribution < 1.29 is 23.2 Å². The van der Waals surface area contributed by atoms with E-state index in [9.17, 15) is 9.59 Å². The Hall–Kier alpha value is -3.47. The highest BCUT2D eigenvalue weighted by Crippen LogP contribution is 2.34. The number of hydrogen-bond donors (Lipinski definition) is 1. The second-order valence-electron chi connectivity index (χ2n) is 9.06. The predicted octanol–water partition coefficient (Wildman–Crippen LogP) is 2.08. The van der Waals surface area contributed by atoms with Gasteiger partial charge in [0.25, 0.3) is 5.91 Å². The molecule has 36 heavy (non-hydrogen) atoms. The third-order valence-corrected chi connectivity index (χ3v) is 6.57. The first-order valence-corrected chi connectivity index (χ1v) is 12.2. The minimum Gasteiger partial charge on any atom is -0.467 e. The second kappa shape index (κ2) is 11.1. The highest BCUT2D eigenvalue weighted by molar-refractivity contribution is 6.03. The monoisotopic (exact) mass is 493 g/mol. The fourth-order valence-corrected chi connectivity index (χ4v) is 4.64. The van der Waals surface area contributed by atoms with Gasteiger partial charge >= 0.3 is 0 Å². The Balaban J connectivity index is 1.21. The minimum absolute atomic E-state index is 0.0117. The van der Waals surface area contributed by atoms with Crippen molar-refractivity contribution in [2.75, 3.05) is 59.5 Å². The van der Waals surface area contributed by atoms with Crippen molar-refractivity contribution >= 4 is 28.5 Å². The van der Waals surface area contributed by atoms with Gasteiger partial charge in [-0.25, -0.2) is 5.01 Å². The molecule has 5 rings (SSSR count). The van der Waals surface area contributed by atoms with Crippen molar-refractivity contribution in [2.24, 2.45) is 5.10 Å². The van der Waals surface area contributed by atoms with Gasteiger partial charge in [0.2, 0.25) is 5.91 Å². The number of hydrazone groups is 1. The Morgan fingerprint density at radius 2 is 1.86 bits per heavy atom. The number of hydrogen-bond acceptors (Lipinski definition) is 8. The van der Waals surface area contributed by atoms with Crippen LogP contribution in [0.1, 0.15) is 24.0 Å². The van der Waals surface area contributed by atoms with Crippen molar-refractivity contribution in [1.82, 2.24) is 20.1 Å². The molecule has 0 spiro atoms. The summed E-state index contributed by atoms with van der Waals surface area (Å²) < 4.78 is 16.6. The molecule has 0 saturated carbocycles. The van der Waals surface area contributed by atoms with E-state index in [4.69, 9.17) is 18.7 Å². The molecular formula is C26H31N5O5. The number of amides is 2. The highest BCUT2D eigenvalue weighted by atomic mass is 16.5. The first-order chi connectivity index (χ1) is 17.6. The number of fused-ring (bicyclic) bond motifs is 1. The molecule has 4 heterocycles. The standard InChI is InChI=1S/C26H31N5O5/c1-34-14-8-27-25(32)17-29-9-11-30(12-10-29)18-26(33)31-21(23-7-4-13-35-23)16-20(28-31)24-15-19-5-2-3-6-22(19)36-24/h2-7,13,15,21H,8-12,14,16-18H2,1H3,(H,27,32)/t21-/m1/s1. The lowest BCUT2D eigenvalue weighted by Crippen LogP contribution is -2.51. The molecule has 0 aliphatic carbocycles. The van der Waals surface area contributed by atoms with Gasteiger partial charge in [-0.15, -0.1) is 0 Å². The molecule has 1 atom stereocenters. The normalized spacial score (nSPS) is 19.1. The molecule has 2 aliphatic heterocycles. The molecule has 0 bridgehead atoms. The molecule has 3 aromatic rings. The second-order valence-corrected chi connectivity index (χ2v) is 9.06. The number of rotatable bonds is 9. The molecule has 2 aliphatic rings. The van der Waals surface area contributed by atoms with E-state index in [-0.39, 0.29) is 24.4 Å². The zero-order valence-electron chi connectivity index (χ0n) is 20.4. The first kappa shape index (κ1) is 24.2. The maximum atomic E-state index is 13.4. The summed E-state index contributed by atoms with van der Waals surface area (Å²) in [5.74, 6) is 1.26. The number of carbonyl (C=O) groups excluding carboxylic acids is 2. The van der Waals surface area contributed by atoms with Gasteiger partial charge in [0.05, 0.1) is 26.0 Å². The van der Waals surface area contributed by atoms with Gasteiger partial charge < -0.3 is 18.9 Å². The van der Waals surface area contributed by atoms with Crippen LogP contribution in [0.25, 0.3) is 11.0 Å². The lowest BCUT2D eigenvalue weighted by molar-refractivity contribution is -0.135. The lowest BCUT2D eigenvalue weighted by atomic mass is 10.1. The number of furan rings is 2. The number of carbonyl (C=O) groups is 2. The molecule has 10 heteroatoms. The van der Waals surface area contributed by atoms with Crippen LogP contribution in [0.5, 0.6) is 0 Å². The number of ether oxygens (including phenoxy) is 1. The van der Waals surface area contributed by atoms with Crippen LogP contribution in [0.2, 0.25) is 0 Å². The maximum absolute atomic E-state index is 13.4. The van der Waals surface area contributed by atoms with Gasteiger partial charge in [0.1, 0.15) is 23.1 Å². The number of nitrogens with zero attached hydrogens (tertiary/aromatic N) is 4. The van der Waals surface area contributed by atoms with Crippen LogP contribution in [0, 0.1) is 0 Å². The van der Waals surface area contributed by atoms with Crippen molar-refractivity contribution in [2.45, 2.75) is 12.5 Å². The Bertz CT molecular complexity index is 1180. The molecule has 1 fully saturated rings. The summed E-state index contributed by atoms with van der Waals surface area (Å²) in [7, 11) is 1.61. The molecular weight excluding hydrogens is 462 g/mol. The molecule has 190 valence electrons. The van der Waals surface area contributed by atoms with Crippen LogP contribution in [-0.2, 0) is 14.3 Å². The van der Waals surface area contributed by atoms with E-state index >= 15 is 0 Å². The van der Waals surface area contributed by atoms with Crippen LogP contribution >= 0.6 is 0 Å². The zero-order chi connectivity index (χ0) is 24.9. The van der Waals surface area contributed by atoms with Crippen molar-refractivity contribution in [1.29, 1.82) is 0 Å². The first-order valence-electron chi connectivity index (χ1n) is 12.2. The van der Waals surface area contributed by atoms with E-state index in [0.717, 1.165) is 29.8 Å². The number of nitrogens with one attached hydrogen (secondary N) is 1. The highest BCUT2D eigenvalue weighted by Gasteiger charge is 2.36. The Kier molecular flexibility index (Phi) is 7.45. The van der Waals surface area contributed by atoms with Crippen molar-refractivity contribution in [3.05, 3.63) is 60.2 Å². The van der Waals surface area contributed by atoms with Gasteiger partial charge in [-0.05, 0) is 24.3 Å². The summed E-state index contributed by atoms with van der Waals surface area (Å²) >= 11 is 0. The van der Waals surface area contributed by atoms with Crippen molar-refractivity contribution in [3.63, 3.8) is 0 Å². The SMILES string of the molecule is COCCNC(=O)CN1CCN(CC(=O)N2N=C(c3cc4ccccc4o3)C[C@@H]2c2ccco2)CC1. The summed E-state index contributed by atoms with van der Waals surface area (Å²) in [4.78, 5) is 29.7. The van der Waals surface area contributed by atoms with E-state index in [1.54, 1.807) is 13.4 Å². The van der Waals surface area contributed by atoms with Crippen LogP contribution in [-0.4, -0.2) is 91.9 Å². The van der Waals surface area contributed by atoms with E-state index in [2.05, 4.69) is 15.1 Å². The van der Waals surface area contributed by atoms with E-state index in [0.29, 0.717) is 50.7 Å². The fourth-order valence-electron chi connectivity index (χ4n) is 4.64. The van der Waals surface area contributed by atoms with Crippen molar-refractivity contribution in [3.8, 4) is 0 Å². The summed E-state index contributed by atoms with van der Waals surface area (Å²) in [6, 6.07) is 13.2. The van der Waals surface area contributed by atoms with Crippen LogP contribution in [0.15, 0.2) is 62.7 Å². The summed E-state index contributed by atoms with van der Waals surface area (Å²) in [5, 5.41) is 10.1. The van der Waals surface area contributed by atoms with Gasteiger partial charge in [0.15, 0.2) is 5.76 Å². The maximum Gasteiger partial charge on any atom is 0.257 e. The smallest absolute Gasteiger partial charge is 0.257 e.